The third-order valence-electron chi connectivity index (χ3n) is 2.68. The van der Waals surface area contributed by atoms with Crippen molar-refractivity contribution in [3.05, 3.63) is 15.4 Å². The Morgan fingerprint density at radius 3 is 2.65 bits per heavy atom. The number of carbonyl (C=O) groups is 1. The minimum absolute atomic E-state index is 0.232. The van der Waals surface area contributed by atoms with Crippen LogP contribution in [0.1, 0.15) is 31.2 Å². The van der Waals surface area contributed by atoms with Crippen LogP contribution < -0.4 is 4.72 Å². The molecule has 0 aromatic carbocycles. The highest BCUT2D eigenvalue weighted by Crippen LogP contribution is 2.30. The van der Waals surface area contributed by atoms with Crippen LogP contribution in [0.25, 0.3) is 0 Å². The quantitative estimate of drug-likeness (QED) is 0.553. The molecule has 0 saturated heterocycles. The molecule has 0 aliphatic heterocycles. The molecule has 0 spiro atoms. The van der Waals surface area contributed by atoms with Crippen LogP contribution in [0.3, 0.4) is 0 Å². The Bertz CT molecular complexity index is 534. The zero-order chi connectivity index (χ0) is 15.2. The number of aryl methyl sites for hydroxylation is 1. The molecule has 0 amide bonds. The molecule has 1 aromatic rings. The summed E-state index contributed by atoms with van der Waals surface area (Å²) >= 11 is 4.52. The number of unbranched alkanes of at least 4 members (excludes halogenated alkanes) is 2. The zero-order valence-corrected chi connectivity index (χ0v) is 14.7. The van der Waals surface area contributed by atoms with Crippen LogP contribution in [0.5, 0.6) is 0 Å². The fourth-order valence-electron chi connectivity index (χ4n) is 1.52. The predicted molar refractivity (Wildman–Crippen MR) is 82.4 cm³/mol. The van der Waals surface area contributed by atoms with Crippen LogP contribution in [0.4, 0.5) is 0 Å². The van der Waals surface area contributed by atoms with Crippen molar-refractivity contribution < 1.29 is 17.9 Å². The van der Waals surface area contributed by atoms with E-state index < -0.39 is 10.0 Å². The number of ether oxygens (including phenoxy) is 1. The zero-order valence-electron chi connectivity index (χ0n) is 11.4. The van der Waals surface area contributed by atoms with Crippen molar-refractivity contribution in [2.75, 3.05) is 13.7 Å². The fraction of sp³-hybridized carbons (Fsp3) is 0.583. The van der Waals surface area contributed by atoms with Crippen LogP contribution >= 0.6 is 27.3 Å². The number of thiophene rings is 1. The van der Waals surface area contributed by atoms with Gasteiger partial charge in [-0.15, -0.1) is 11.3 Å². The van der Waals surface area contributed by atoms with E-state index in [9.17, 15) is 13.2 Å². The lowest BCUT2D eigenvalue weighted by molar-refractivity contribution is -0.140. The van der Waals surface area contributed by atoms with Gasteiger partial charge >= 0.3 is 5.97 Å². The molecule has 0 aliphatic rings. The maximum Gasteiger partial charge on any atom is 0.305 e. The second kappa shape index (κ2) is 8.11. The van der Waals surface area contributed by atoms with Crippen LogP contribution in [0, 0.1) is 6.92 Å². The van der Waals surface area contributed by atoms with Gasteiger partial charge in [0.25, 0.3) is 0 Å². The summed E-state index contributed by atoms with van der Waals surface area (Å²) in [5, 5.41) is 0. The van der Waals surface area contributed by atoms with E-state index in [1.165, 1.54) is 18.4 Å². The molecule has 1 heterocycles. The van der Waals surface area contributed by atoms with E-state index in [0.717, 1.165) is 15.8 Å². The van der Waals surface area contributed by atoms with Crippen LogP contribution in [-0.4, -0.2) is 28.0 Å². The highest BCUT2D eigenvalue weighted by atomic mass is 79.9. The molecule has 1 N–H and O–H groups in total. The number of esters is 1. The topological polar surface area (TPSA) is 72.5 Å². The van der Waals surface area contributed by atoms with Crippen molar-refractivity contribution in [2.45, 2.75) is 36.8 Å². The van der Waals surface area contributed by atoms with Crippen molar-refractivity contribution in [3.8, 4) is 0 Å². The molecular weight excluding hydrogens is 366 g/mol. The molecule has 114 valence electrons. The van der Waals surface area contributed by atoms with Gasteiger partial charge in [-0.25, -0.2) is 13.1 Å². The smallest absolute Gasteiger partial charge is 0.305 e. The fourth-order valence-corrected chi connectivity index (χ4v) is 4.86. The molecule has 1 aromatic heterocycles. The average molecular weight is 384 g/mol. The molecule has 0 atom stereocenters. The SMILES string of the molecule is COC(=O)CCCCCNS(=O)(=O)c1cc(C)c(Br)s1. The summed E-state index contributed by atoms with van der Waals surface area (Å²) in [5.74, 6) is -0.232. The average Bonchev–Trinajstić information content (AvgIpc) is 2.74. The summed E-state index contributed by atoms with van der Waals surface area (Å²) in [5.41, 5.74) is 0.911. The Morgan fingerprint density at radius 1 is 1.40 bits per heavy atom. The lowest BCUT2D eigenvalue weighted by Crippen LogP contribution is -2.24. The second-order valence-electron chi connectivity index (χ2n) is 4.31. The molecule has 0 radical (unpaired) electrons. The van der Waals surface area contributed by atoms with Crippen molar-refractivity contribution in [1.82, 2.24) is 4.72 Å². The first-order chi connectivity index (χ1) is 9.36. The first-order valence-corrected chi connectivity index (χ1v) is 9.28. The van der Waals surface area contributed by atoms with Gasteiger partial charge in [0.2, 0.25) is 10.0 Å². The number of methoxy groups -OCH3 is 1. The number of rotatable bonds is 8. The molecule has 0 saturated carbocycles. The Hall–Kier alpha value is -0.440. The van der Waals surface area contributed by atoms with Crippen LogP contribution in [-0.2, 0) is 19.6 Å². The van der Waals surface area contributed by atoms with Gasteiger partial charge in [0, 0.05) is 13.0 Å². The van der Waals surface area contributed by atoms with E-state index in [2.05, 4.69) is 25.4 Å². The number of sulfonamides is 1. The van der Waals surface area contributed by atoms with Gasteiger partial charge in [0.15, 0.2) is 0 Å². The van der Waals surface area contributed by atoms with Gasteiger partial charge < -0.3 is 4.74 Å². The van der Waals surface area contributed by atoms with Gasteiger partial charge in [-0.3, -0.25) is 4.79 Å². The maximum atomic E-state index is 12.0. The lowest BCUT2D eigenvalue weighted by atomic mass is 10.2. The number of nitrogens with one attached hydrogen (secondary N) is 1. The van der Waals surface area contributed by atoms with Crippen molar-refractivity contribution >= 4 is 43.3 Å². The number of carbonyl (C=O) groups excluding carboxylic acids is 1. The normalized spacial score (nSPS) is 11.6. The summed E-state index contributed by atoms with van der Waals surface area (Å²) in [6.07, 6.45) is 2.56. The number of hydrogen-bond acceptors (Lipinski definition) is 5. The highest BCUT2D eigenvalue weighted by molar-refractivity contribution is 9.11. The van der Waals surface area contributed by atoms with Crippen LogP contribution in [0.2, 0.25) is 0 Å². The van der Waals surface area contributed by atoms with Gasteiger partial charge in [-0.1, -0.05) is 6.42 Å². The van der Waals surface area contributed by atoms with Gasteiger partial charge in [0.05, 0.1) is 10.9 Å². The summed E-state index contributed by atoms with van der Waals surface area (Å²) < 4.78 is 32.2. The minimum atomic E-state index is -3.42. The monoisotopic (exact) mass is 383 g/mol. The van der Waals surface area contributed by atoms with E-state index in [1.54, 1.807) is 6.07 Å². The summed E-state index contributed by atoms with van der Waals surface area (Å²) in [7, 11) is -2.06. The molecule has 1 rings (SSSR count). The standard InChI is InChI=1S/C12H18BrNO4S2/c1-9-8-11(19-12(9)13)20(16,17)14-7-5-3-4-6-10(15)18-2/h8,14H,3-7H2,1-2H3. The van der Waals surface area contributed by atoms with E-state index in [4.69, 9.17) is 0 Å². The molecule has 0 aliphatic carbocycles. The van der Waals surface area contributed by atoms with Gasteiger partial charge in [-0.2, -0.15) is 0 Å². The van der Waals surface area contributed by atoms with E-state index in [1.807, 2.05) is 6.92 Å². The van der Waals surface area contributed by atoms with Gasteiger partial charge in [0.1, 0.15) is 4.21 Å². The van der Waals surface area contributed by atoms with E-state index >= 15 is 0 Å². The summed E-state index contributed by atoms with van der Waals surface area (Å²) in [4.78, 5) is 10.9. The number of halogens is 1. The lowest BCUT2D eigenvalue weighted by Gasteiger charge is -2.04. The number of hydrogen-bond donors (Lipinski definition) is 1. The van der Waals surface area contributed by atoms with E-state index in [0.29, 0.717) is 30.0 Å². The third-order valence-corrected chi connectivity index (χ3v) is 6.75. The second-order valence-corrected chi connectivity index (χ2v) is 8.67. The van der Waals surface area contributed by atoms with E-state index in [-0.39, 0.29) is 5.97 Å². The molecule has 0 unspecified atom stereocenters. The van der Waals surface area contributed by atoms with Gasteiger partial charge in [-0.05, 0) is 47.3 Å². The maximum absolute atomic E-state index is 12.0. The molecule has 0 bridgehead atoms. The highest BCUT2D eigenvalue weighted by Gasteiger charge is 2.17. The first kappa shape index (κ1) is 17.6. The molecule has 8 heteroatoms. The summed E-state index contributed by atoms with van der Waals surface area (Å²) in [6, 6.07) is 1.65. The molecule has 20 heavy (non-hydrogen) atoms. The third kappa shape index (κ3) is 5.51. The van der Waals surface area contributed by atoms with Crippen molar-refractivity contribution in [2.24, 2.45) is 0 Å². The Kier molecular flexibility index (Phi) is 7.14. The summed E-state index contributed by atoms with van der Waals surface area (Å²) in [6.45, 7) is 2.23. The largest absolute Gasteiger partial charge is 0.469 e. The Morgan fingerprint density at radius 2 is 2.10 bits per heavy atom. The van der Waals surface area contributed by atoms with Crippen molar-refractivity contribution in [1.29, 1.82) is 0 Å². The first-order valence-electron chi connectivity index (χ1n) is 6.19. The Labute approximate surface area is 131 Å². The van der Waals surface area contributed by atoms with Crippen molar-refractivity contribution in [3.63, 3.8) is 0 Å². The molecular formula is C12H18BrNO4S2. The molecule has 0 fully saturated rings. The minimum Gasteiger partial charge on any atom is -0.469 e. The predicted octanol–water partition coefficient (Wildman–Crippen LogP) is 2.83. The molecule has 5 nitrogen and oxygen atoms in total. The Balaban J connectivity index is 2.32. The van der Waals surface area contributed by atoms with Crippen LogP contribution in [0.15, 0.2) is 14.1 Å².